The van der Waals surface area contributed by atoms with Gasteiger partial charge in [-0.1, -0.05) is 13.8 Å². The highest BCUT2D eigenvalue weighted by atomic mass is 16.5. The number of aryl methyl sites for hydroxylation is 1. The molecule has 0 bridgehead atoms. The number of hydrogen-bond donors (Lipinski definition) is 3. The number of nitrogens with zero attached hydrogens (tertiary/aromatic N) is 5. The van der Waals surface area contributed by atoms with Crippen LogP contribution in [0.1, 0.15) is 25.2 Å². The van der Waals surface area contributed by atoms with Gasteiger partial charge in [0, 0.05) is 24.4 Å². The first-order valence-corrected chi connectivity index (χ1v) is 9.93. The zero-order chi connectivity index (χ0) is 22.0. The summed E-state index contributed by atoms with van der Waals surface area (Å²) >= 11 is 0. The number of anilines is 2. The van der Waals surface area contributed by atoms with Gasteiger partial charge in [-0.25, -0.2) is 24.9 Å². The Balaban J connectivity index is 1.83. The summed E-state index contributed by atoms with van der Waals surface area (Å²) in [5.41, 5.74) is 4.35. The van der Waals surface area contributed by atoms with Gasteiger partial charge < -0.3 is 20.1 Å². The molecule has 0 atom stereocenters. The predicted octanol–water partition coefficient (Wildman–Crippen LogP) is 3.43. The van der Waals surface area contributed by atoms with Gasteiger partial charge in [-0.3, -0.25) is 0 Å². The predicted molar refractivity (Wildman–Crippen MR) is 118 cm³/mol. The summed E-state index contributed by atoms with van der Waals surface area (Å²) in [6.45, 7) is 5.95. The average molecular weight is 419 g/mol. The van der Waals surface area contributed by atoms with Gasteiger partial charge in [-0.15, -0.1) is 0 Å². The lowest BCUT2D eigenvalue weighted by molar-refractivity contribution is 0.159. The molecule has 0 aliphatic carbocycles. The van der Waals surface area contributed by atoms with Crippen molar-refractivity contribution >= 4 is 22.7 Å². The van der Waals surface area contributed by atoms with Crippen molar-refractivity contribution < 1.29 is 9.84 Å². The van der Waals surface area contributed by atoms with E-state index in [9.17, 15) is 5.11 Å². The monoisotopic (exact) mass is 419 g/mol. The van der Waals surface area contributed by atoms with Gasteiger partial charge in [0.25, 0.3) is 0 Å². The number of methoxy groups -OCH3 is 1. The van der Waals surface area contributed by atoms with Crippen LogP contribution < -0.4 is 10.1 Å². The molecule has 0 saturated heterocycles. The SMILES string of the molecule is COc1ccc(Nc2ncc(CC(C)(C)CO)cc2-c2nc(C)nc3nc[nH]c23)cn1. The fourth-order valence-corrected chi connectivity index (χ4v) is 3.34. The molecular formula is C22H25N7O2. The second-order valence-corrected chi connectivity index (χ2v) is 8.17. The van der Waals surface area contributed by atoms with Crippen molar-refractivity contribution in [2.75, 3.05) is 19.0 Å². The fraction of sp³-hybridized carbons (Fsp3) is 0.318. The number of aromatic amines is 1. The Hall–Kier alpha value is -3.59. The third-order valence-electron chi connectivity index (χ3n) is 4.92. The van der Waals surface area contributed by atoms with E-state index in [1.165, 1.54) is 0 Å². The minimum atomic E-state index is -0.265. The number of hydrogen-bond acceptors (Lipinski definition) is 8. The van der Waals surface area contributed by atoms with E-state index < -0.39 is 0 Å². The van der Waals surface area contributed by atoms with Crippen LogP contribution in [0.2, 0.25) is 0 Å². The number of aromatic nitrogens is 6. The Bertz CT molecular complexity index is 1200. The number of fused-ring (bicyclic) bond motifs is 1. The maximum absolute atomic E-state index is 9.70. The summed E-state index contributed by atoms with van der Waals surface area (Å²) in [5.74, 6) is 1.78. The standard InChI is InChI=1S/C22H25N7O2/c1-13-27-18(19-21(28-13)26-12-25-19)16-7-14(8-22(2,3)11-30)9-24-20(16)29-15-5-6-17(31-4)23-10-15/h5-7,9-10,12,30H,8,11H2,1-4H3,(H,24,29)(H,25,26,27,28). The van der Waals surface area contributed by atoms with E-state index in [0.717, 1.165) is 22.3 Å². The summed E-state index contributed by atoms with van der Waals surface area (Å²) in [6, 6.07) is 5.70. The number of ether oxygens (including phenoxy) is 1. The topological polar surface area (TPSA) is 122 Å². The number of H-pyrrole nitrogens is 1. The lowest BCUT2D eigenvalue weighted by Crippen LogP contribution is -2.20. The molecule has 31 heavy (non-hydrogen) atoms. The first kappa shape index (κ1) is 20.7. The lowest BCUT2D eigenvalue weighted by Gasteiger charge is -2.22. The molecule has 9 nitrogen and oxygen atoms in total. The van der Waals surface area contributed by atoms with E-state index in [-0.39, 0.29) is 12.0 Å². The van der Waals surface area contributed by atoms with E-state index in [0.29, 0.717) is 35.3 Å². The van der Waals surface area contributed by atoms with Crippen LogP contribution in [0.25, 0.3) is 22.4 Å². The molecule has 0 radical (unpaired) electrons. The summed E-state index contributed by atoms with van der Waals surface area (Å²) in [7, 11) is 1.58. The van der Waals surface area contributed by atoms with Crippen molar-refractivity contribution in [3.63, 3.8) is 0 Å². The van der Waals surface area contributed by atoms with Crippen molar-refractivity contribution in [2.24, 2.45) is 5.41 Å². The number of aliphatic hydroxyl groups is 1. The second kappa shape index (κ2) is 8.27. The minimum Gasteiger partial charge on any atom is -0.481 e. The van der Waals surface area contributed by atoms with Crippen molar-refractivity contribution in [3.05, 3.63) is 48.3 Å². The molecule has 0 aliphatic rings. The number of pyridine rings is 2. The molecule has 4 aromatic heterocycles. The number of nitrogens with one attached hydrogen (secondary N) is 2. The van der Waals surface area contributed by atoms with E-state index in [1.54, 1.807) is 25.7 Å². The highest BCUT2D eigenvalue weighted by Gasteiger charge is 2.21. The highest BCUT2D eigenvalue weighted by molar-refractivity contribution is 5.91. The minimum absolute atomic E-state index is 0.0806. The van der Waals surface area contributed by atoms with Gasteiger partial charge >= 0.3 is 0 Å². The summed E-state index contributed by atoms with van der Waals surface area (Å²) < 4.78 is 5.13. The van der Waals surface area contributed by atoms with Gasteiger partial charge in [0.1, 0.15) is 22.9 Å². The van der Waals surface area contributed by atoms with Crippen LogP contribution in [-0.4, -0.2) is 48.7 Å². The third-order valence-corrected chi connectivity index (χ3v) is 4.92. The maximum atomic E-state index is 9.70. The zero-order valence-corrected chi connectivity index (χ0v) is 18.0. The molecule has 0 fully saturated rings. The van der Waals surface area contributed by atoms with Gasteiger partial charge in [-0.2, -0.15) is 0 Å². The molecule has 0 spiro atoms. The van der Waals surface area contributed by atoms with E-state index >= 15 is 0 Å². The quantitative estimate of drug-likeness (QED) is 0.416. The largest absolute Gasteiger partial charge is 0.481 e. The molecule has 0 amide bonds. The van der Waals surface area contributed by atoms with Crippen LogP contribution in [0.5, 0.6) is 5.88 Å². The molecule has 4 rings (SSSR count). The second-order valence-electron chi connectivity index (χ2n) is 8.17. The maximum Gasteiger partial charge on any atom is 0.213 e. The van der Waals surface area contributed by atoms with E-state index in [2.05, 4.69) is 35.2 Å². The Morgan fingerprint density at radius 3 is 2.68 bits per heavy atom. The van der Waals surface area contributed by atoms with Crippen LogP contribution in [0, 0.1) is 12.3 Å². The Morgan fingerprint density at radius 2 is 1.97 bits per heavy atom. The normalized spacial score (nSPS) is 11.6. The zero-order valence-electron chi connectivity index (χ0n) is 18.0. The molecule has 4 aromatic rings. The molecule has 0 saturated carbocycles. The first-order chi connectivity index (χ1) is 14.9. The van der Waals surface area contributed by atoms with Crippen LogP contribution in [0.15, 0.2) is 36.9 Å². The smallest absolute Gasteiger partial charge is 0.213 e. The van der Waals surface area contributed by atoms with Crippen LogP contribution >= 0.6 is 0 Å². The van der Waals surface area contributed by atoms with E-state index in [4.69, 9.17) is 4.74 Å². The van der Waals surface area contributed by atoms with Gasteiger partial charge in [-0.05, 0) is 36.5 Å². The molecule has 0 aromatic carbocycles. The summed E-state index contributed by atoms with van der Waals surface area (Å²) in [6.07, 6.45) is 5.78. The summed E-state index contributed by atoms with van der Waals surface area (Å²) in [5, 5.41) is 13.0. The Morgan fingerprint density at radius 1 is 1.13 bits per heavy atom. The Labute approximate surface area is 180 Å². The third kappa shape index (κ3) is 4.46. The number of rotatable bonds is 7. The number of imidazole rings is 1. The lowest BCUT2D eigenvalue weighted by atomic mass is 9.87. The van der Waals surface area contributed by atoms with E-state index in [1.807, 2.05) is 39.1 Å². The van der Waals surface area contributed by atoms with Crippen molar-refractivity contribution in [2.45, 2.75) is 27.2 Å². The first-order valence-electron chi connectivity index (χ1n) is 9.93. The van der Waals surface area contributed by atoms with Crippen LogP contribution in [0.3, 0.4) is 0 Å². The molecular weight excluding hydrogens is 394 g/mol. The summed E-state index contributed by atoms with van der Waals surface area (Å²) in [4.78, 5) is 25.4. The molecule has 9 heteroatoms. The molecule has 3 N–H and O–H groups in total. The average Bonchev–Trinajstić information content (AvgIpc) is 3.23. The Kier molecular flexibility index (Phi) is 5.51. The molecule has 4 heterocycles. The van der Waals surface area contributed by atoms with Crippen molar-refractivity contribution in [3.8, 4) is 17.1 Å². The fourth-order valence-electron chi connectivity index (χ4n) is 3.34. The van der Waals surface area contributed by atoms with Gasteiger partial charge in [0.05, 0.1) is 25.3 Å². The van der Waals surface area contributed by atoms with Gasteiger partial charge in [0.2, 0.25) is 5.88 Å². The highest BCUT2D eigenvalue weighted by Crippen LogP contribution is 2.33. The van der Waals surface area contributed by atoms with Crippen molar-refractivity contribution in [1.29, 1.82) is 0 Å². The van der Waals surface area contributed by atoms with Crippen LogP contribution in [0.4, 0.5) is 11.5 Å². The molecule has 0 unspecified atom stereocenters. The number of aliphatic hydroxyl groups excluding tert-OH is 1. The van der Waals surface area contributed by atoms with Crippen molar-refractivity contribution in [1.82, 2.24) is 29.9 Å². The molecule has 0 aliphatic heterocycles. The molecule has 160 valence electrons. The van der Waals surface area contributed by atoms with Crippen LogP contribution in [-0.2, 0) is 6.42 Å². The van der Waals surface area contributed by atoms with Gasteiger partial charge in [0.15, 0.2) is 5.65 Å².